The van der Waals surface area contributed by atoms with E-state index < -0.39 is 0 Å². The SMILES string of the molecule is CC[n+]1cn(-c2ccccc2)c2cc3c(cc21)C(C)(C)C(C)(C)C3(C)C. The molecule has 0 amide bonds. The Morgan fingerprint density at radius 2 is 1.42 bits per heavy atom. The van der Waals surface area contributed by atoms with E-state index in [1.807, 2.05) is 0 Å². The predicted octanol–water partition coefficient (Wildman–Crippen LogP) is 5.53. The normalized spacial score (nSPS) is 19.7. The van der Waals surface area contributed by atoms with Crippen molar-refractivity contribution in [2.75, 3.05) is 0 Å². The van der Waals surface area contributed by atoms with Gasteiger partial charge in [0.2, 0.25) is 6.33 Å². The molecule has 0 bridgehead atoms. The van der Waals surface area contributed by atoms with Gasteiger partial charge in [0.1, 0.15) is 5.69 Å². The fourth-order valence-electron chi connectivity index (χ4n) is 4.80. The Morgan fingerprint density at radius 3 is 2.00 bits per heavy atom. The Morgan fingerprint density at radius 1 is 0.846 bits per heavy atom. The van der Waals surface area contributed by atoms with Crippen molar-refractivity contribution in [1.29, 1.82) is 0 Å². The first kappa shape index (κ1) is 17.3. The first-order valence-corrected chi connectivity index (χ1v) is 9.78. The molecular weight excluding hydrogens is 316 g/mol. The minimum absolute atomic E-state index is 0.128. The molecule has 2 nitrogen and oxygen atoms in total. The molecule has 0 radical (unpaired) electrons. The summed E-state index contributed by atoms with van der Waals surface area (Å²) < 4.78 is 4.71. The van der Waals surface area contributed by atoms with Crippen LogP contribution in [-0.4, -0.2) is 4.57 Å². The topological polar surface area (TPSA) is 8.81 Å². The molecule has 1 heterocycles. The molecule has 0 atom stereocenters. The van der Waals surface area contributed by atoms with Crippen LogP contribution in [0.2, 0.25) is 0 Å². The number of para-hydroxylation sites is 1. The largest absolute Gasteiger partial charge is 0.249 e. The second-order valence-corrected chi connectivity index (χ2v) is 9.37. The summed E-state index contributed by atoms with van der Waals surface area (Å²) in [7, 11) is 0. The molecule has 2 heteroatoms. The number of rotatable bonds is 2. The van der Waals surface area contributed by atoms with E-state index in [9.17, 15) is 0 Å². The van der Waals surface area contributed by atoms with Gasteiger partial charge in [0, 0.05) is 0 Å². The van der Waals surface area contributed by atoms with Gasteiger partial charge >= 0.3 is 0 Å². The van der Waals surface area contributed by atoms with Gasteiger partial charge in [-0.3, -0.25) is 0 Å². The summed E-state index contributed by atoms with van der Waals surface area (Å²) in [6, 6.07) is 15.6. The lowest BCUT2D eigenvalue weighted by molar-refractivity contribution is -0.668. The van der Waals surface area contributed by atoms with Crippen LogP contribution in [0.15, 0.2) is 48.8 Å². The van der Waals surface area contributed by atoms with Crippen molar-refractivity contribution >= 4 is 11.0 Å². The number of aryl methyl sites for hydroxylation is 1. The van der Waals surface area contributed by atoms with Crippen LogP contribution in [0.5, 0.6) is 0 Å². The van der Waals surface area contributed by atoms with Crippen LogP contribution in [0, 0.1) is 5.41 Å². The summed E-state index contributed by atoms with van der Waals surface area (Å²) in [5.74, 6) is 0. The van der Waals surface area contributed by atoms with Crippen molar-refractivity contribution in [2.45, 2.75) is 65.8 Å². The lowest BCUT2D eigenvalue weighted by atomic mass is 9.59. The molecule has 0 aliphatic heterocycles. The van der Waals surface area contributed by atoms with Crippen molar-refractivity contribution in [3.8, 4) is 5.69 Å². The second kappa shape index (κ2) is 5.22. The highest BCUT2D eigenvalue weighted by molar-refractivity contribution is 5.78. The lowest BCUT2D eigenvalue weighted by Crippen LogP contribution is -2.42. The summed E-state index contributed by atoms with van der Waals surface area (Å²) in [4.78, 5) is 0. The molecule has 0 fully saturated rings. The number of imidazole rings is 1. The first-order valence-electron chi connectivity index (χ1n) is 9.78. The monoisotopic (exact) mass is 347 g/mol. The molecule has 0 N–H and O–H groups in total. The predicted molar refractivity (Wildman–Crippen MR) is 109 cm³/mol. The number of nitrogens with zero attached hydrogens (tertiary/aromatic N) is 2. The highest BCUT2D eigenvalue weighted by Gasteiger charge is 2.57. The van der Waals surface area contributed by atoms with Gasteiger partial charge in [-0.05, 0) is 58.6 Å². The van der Waals surface area contributed by atoms with Gasteiger partial charge in [0.25, 0.3) is 0 Å². The standard InChI is InChI=1S/C24H31N2/c1-8-25-16-26(17-12-10-9-11-13-17)21-15-19-18(14-20(21)25)22(2,3)24(6,7)23(19,4)5/h9-16H,8H2,1-7H3/q+1. The molecule has 4 rings (SSSR count). The van der Waals surface area contributed by atoms with E-state index >= 15 is 0 Å². The summed E-state index contributed by atoms with van der Waals surface area (Å²) in [6.45, 7) is 17.7. The summed E-state index contributed by atoms with van der Waals surface area (Å²) in [5.41, 5.74) is 7.32. The maximum absolute atomic E-state index is 2.46. The first-order chi connectivity index (χ1) is 12.1. The van der Waals surface area contributed by atoms with Crippen LogP contribution < -0.4 is 4.57 Å². The Hall–Kier alpha value is -2.09. The maximum Gasteiger partial charge on any atom is 0.249 e. The highest BCUT2D eigenvalue weighted by Crippen LogP contribution is 2.61. The Balaban J connectivity index is 2.08. The average molecular weight is 348 g/mol. The molecule has 26 heavy (non-hydrogen) atoms. The number of aromatic nitrogens is 2. The smallest absolute Gasteiger partial charge is 0.230 e. The molecule has 2 aromatic carbocycles. The molecular formula is C24H31N2+. The second-order valence-electron chi connectivity index (χ2n) is 9.37. The number of benzene rings is 2. The van der Waals surface area contributed by atoms with E-state index in [1.165, 1.54) is 27.8 Å². The number of fused-ring (bicyclic) bond motifs is 2. The van der Waals surface area contributed by atoms with Gasteiger partial charge in [-0.15, -0.1) is 0 Å². The van der Waals surface area contributed by atoms with Gasteiger partial charge in [-0.25, -0.2) is 4.57 Å². The molecule has 0 saturated heterocycles. The Bertz CT molecular complexity index is 988. The number of hydrogen-bond donors (Lipinski definition) is 0. The van der Waals surface area contributed by atoms with E-state index in [0.717, 1.165) is 6.54 Å². The van der Waals surface area contributed by atoms with Crippen LogP contribution in [0.4, 0.5) is 0 Å². The van der Waals surface area contributed by atoms with E-state index in [1.54, 1.807) is 0 Å². The van der Waals surface area contributed by atoms with Crippen molar-refractivity contribution in [3.05, 3.63) is 59.9 Å². The average Bonchev–Trinajstić information content (AvgIpc) is 3.02. The highest BCUT2D eigenvalue weighted by atomic mass is 15.1. The van der Waals surface area contributed by atoms with E-state index in [-0.39, 0.29) is 16.2 Å². The fraction of sp³-hybridized carbons (Fsp3) is 0.458. The molecule has 1 aromatic heterocycles. The Labute approximate surface area is 157 Å². The van der Waals surface area contributed by atoms with Crippen LogP contribution in [-0.2, 0) is 17.4 Å². The molecule has 0 unspecified atom stereocenters. The van der Waals surface area contributed by atoms with Crippen LogP contribution in [0.25, 0.3) is 16.7 Å². The quantitative estimate of drug-likeness (QED) is 0.539. The minimum atomic E-state index is 0.128. The van der Waals surface area contributed by atoms with Crippen molar-refractivity contribution in [1.82, 2.24) is 4.57 Å². The zero-order valence-electron chi connectivity index (χ0n) is 17.2. The van der Waals surface area contributed by atoms with Crippen molar-refractivity contribution in [2.24, 2.45) is 5.41 Å². The van der Waals surface area contributed by atoms with Crippen LogP contribution >= 0.6 is 0 Å². The molecule has 3 aromatic rings. The third-order valence-electron chi connectivity index (χ3n) is 7.79. The van der Waals surface area contributed by atoms with Gasteiger partial charge in [-0.2, -0.15) is 4.57 Å². The summed E-state index contributed by atoms with van der Waals surface area (Å²) in [5, 5.41) is 0. The minimum Gasteiger partial charge on any atom is -0.230 e. The van der Waals surface area contributed by atoms with E-state index in [2.05, 4.69) is 106 Å². The molecule has 0 saturated carbocycles. The summed E-state index contributed by atoms with van der Waals surface area (Å²) in [6.07, 6.45) is 2.25. The van der Waals surface area contributed by atoms with Crippen LogP contribution in [0.1, 0.15) is 59.6 Å². The zero-order valence-corrected chi connectivity index (χ0v) is 17.2. The zero-order chi connectivity index (χ0) is 18.9. The summed E-state index contributed by atoms with van der Waals surface area (Å²) >= 11 is 0. The van der Waals surface area contributed by atoms with Crippen LogP contribution in [0.3, 0.4) is 0 Å². The number of hydrogen-bond acceptors (Lipinski definition) is 0. The molecule has 1 aliphatic rings. The maximum atomic E-state index is 2.46. The Kier molecular flexibility index (Phi) is 3.48. The fourth-order valence-corrected chi connectivity index (χ4v) is 4.80. The molecule has 0 spiro atoms. The van der Waals surface area contributed by atoms with Gasteiger partial charge in [0.05, 0.1) is 6.54 Å². The van der Waals surface area contributed by atoms with Gasteiger partial charge in [0.15, 0.2) is 11.0 Å². The molecule has 136 valence electrons. The van der Waals surface area contributed by atoms with E-state index in [4.69, 9.17) is 0 Å². The molecule has 1 aliphatic carbocycles. The third kappa shape index (κ3) is 1.96. The third-order valence-corrected chi connectivity index (χ3v) is 7.79. The van der Waals surface area contributed by atoms with Crippen molar-refractivity contribution < 1.29 is 4.57 Å². The van der Waals surface area contributed by atoms with Gasteiger partial charge < -0.3 is 0 Å². The van der Waals surface area contributed by atoms with E-state index in [0.29, 0.717) is 0 Å². The van der Waals surface area contributed by atoms with Crippen molar-refractivity contribution in [3.63, 3.8) is 0 Å². The lowest BCUT2D eigenvalue weighted by Gasteiger charge is -2.44. The van der Waals surface area contributed by atoms with Gasteiger partial charge in [-0.1, -0.05) is 59.7 Å².